The Morgan fingerprint density at radius 1 is 0.974 bits per heavy atom. The van der Waals surface area contributed by atoms with Crippen molar-refractivity contribution >= 4 is 43.6 Å². The Morgan fingerprint density at radius 3 is 2.42 bits per heavy atom. The fourth-order valence-electron chi connectivity index (χ4n) is 5.79. The summed E-state index contributed by atoms with van der Waals surface area (Å²) in [6, 6.07) is 23.6. The number of para-hydroxylation sites is 1. The lowest BCUT2D eigenvalue weighted by molar-refractivity contribution is -0.691. The van der Waals surface area contributed by atoms with Crippen molar-refractivity contribution in [3.05, 3.63) is 102 Å². The summed E-state index contributed by atoms with van der Waals surface area (Å²) in [5.74, 6) is -0.262. The average molecular weight is 528 g/mol. The Labute approximate surface area is 225 Å². The smallest absolute Gasteiger partial charge is 0.264 e. The first-order valence-corrected chi connectivity index (χ1v) is 14.8. The number of allylic oxidation sites excluding steroid dienone is 3. The molecule has 0 radical (unpaired) electrons. The van der Waals surface area contributed by atoms with Gasteiger partial charge in [-0.25, -0.2) is 0 Å². The van der Waals surface area contributed by atoms with Crippen LogP contribution in [-0.2, 0) is 15.5 Å². The van der Waals surface area contributed by atoms with Gasteiger partial charge in [-0.1, -0.05) is 68.5 Å². The third-order valence-corrected chi connectivity index (χ3v) is 8.34. The van der Waals surface area contributed by atoms with Gasteiger partial charge < -0.3 is 4.90 Å². The Balaban J connectivity index is 1.58. The maximum Gasteiger partial charge on any atom is 0.264 e. The number of rotatable bonds is 7. The van der Waals surface area contributed by atoms with E-state index in [0.29, 0.717) is 19.0 Å². The molecule has 1 aromatic heterocycles. The van der Waals surface area contributed by atoms with Crippen LogP contribution in [0.5, 0.6) is 0 Å². The van der Waals surface area contributed by atoms with Crippen molar-refractivity contribution in [2.45, 2.75) is 45.6 Å². The van der Waals surface area contributed by atoms with Crippen molar-refractivity contribution in [1.29, 1.82) is 0 Å². The first-order chi connectivity index (χ1) is 18.1. The van der Waals surface area contributed by atoms with Gasteiger partial charge in [0.1, 0.15) is 0 Å². The summed E-state index contributed by atoms with van der Waals surface area (Å²) in [7, 11) is -4.02. The Bertz CT molecular complexity index is 1680. The van der Waals surface area contributed by atoms with Crippen molar-refractivity contribution in [3.8, 4) is 0 Å². The van der Waals surface area contributed by atoms with Crippen molar-refractivity contribution in [2.75, 3.05) is 17.2 Å². The first-order valence-electron chi connectivity index (χ1n) is 13.1. The quantitative estimate of drug-likeness (QED) is 0.211. The van der Waals surface area contributed by atoms with Gasteiger partial charge >= 0.3 is 0 Å². The molecule has 0 aliphatic carbocycles. The lowest BCUT2D eigenvalue weighted by Gasteiger charge is -2.27. The van der Waals surface area contributed by atoms with Crippen LogP contribution in [0.4, 0.5) is 5.69 Å². The van der Waals surface area contributed by atoms with Crippen LogP contribution in [0.15, 0.2) is 90.8 Å². The molecule has 6 heteroatoms. The second kappa shape index (κ2) is 10.0. The van der Waals surface area contributed by atoms with Gasteiger partial charge in [-0.15, -0.1) is 0 Å². The highest BCUT2D eigenvalue weighted by atomic mass is 32.2. The van der Waals surface area contributed by atoms with Crippen molar-refractivity contribution in [2.24, 2.45) is 0 Å². The van der Waals surface area contributed by atoms with Crippen molar-refractivity contribution in [3.63, 3.8) is 0 Å². The van der Waals surface area contributed by atoms with Crippen LogP contribution in [0, 0.1) is 0 Å². The summed E-state index contributed by atoms with van der Waals surface area (Å²) in [6.07, 6.45) is 8.88. The summed E-state index contributed by atoms with van der Waals surface area (Å²) in [5, 5.41) is 3.58. The molecule has 0 atom stereocenters. The molecule has 5 nitrogen and oxygen atoms in total. The molecule has 38 heavy (non-hydrogen) atoms. The topological polar surface area (TPSA) is 61.5 Å². The molecule has 0 saturated heterocycles. The molecule has 2 heterocycles. The van der Waals surface area contributed by atoms with Gasteiger partial charge in [0, 0.05) is 35.5 Å². The SMILES string of the molecule is CC(C)[n+]1ccc(C=CC=C2N(CCCS(=O)(=O)O)c3ccc4ccccc4c3C2(C)C)c2ccccc21. The number of anilines is 1. The van der Waals surface area contributed by atoms with Gasteiger partial charge in [0.05, 0.1) is 11.1 Å². The van der Waals surface area contributed by atoms with E-state index in [1.165, 1.54) is 27.2 Å². The minimum Gasteiger partial charge on any atom is -0.344 e. The molecule has 0 fully saturated rings. The second-order valence-electron chi connectivity index (χ2n) is 10.8. The first kappa shape index (κ1) is 26.1. The van der Waals surface area contributed by atoms with E-state index in [1.807, 2.05) is 6.07 Å². The van der Waals surface area contributed by atoms with Gasteiger partial charge in [-0.3, -0.25) is 4.55 Å². The van der Waals surface area contributed by atoms with E-state index in [9.17, 15) is 13.0 Å². The minimum absolute atomic E-state index is 0.262. The number of hydrogen-bond donors (Lipinski definition) is 1. The van der Waals surface area contributed by atoms with Gasteiger partial charge in [-0.05, 0) is 60.4 Å². The highest BCUT2D eigenvalue weighted by Gasteiger charge is 2.40. The number of nitrogens with zero attached hydrogens (tertiary/aromatic N) is 2. The minimum atomic E-state index is -4.02. The highest BCUT2D eigenvalue weighted by molar-refractivity contribution is 7.85. The molecule has 3 aromatic carbocycles. The molecule has 4 aromatic rings. The zero-order chi connectivity index (χ0) is 27.1. The maximum atomic E-state index is 11.4. The van der Waals surface area contributed by atoms with Crippen LogP contribution in [0.25, 0.3) is 27.8 Å². The van der Waals surface area contributed by atoms with Crippen LogP contribution in [0.3, 0.4) is 0 Å². The number of benzene rings is 3. The highest BCUT2D eigenvalue weighted by Crippen LogP contribution is 2.50. The van der Waals surface area contributed by atoms with Gasteiger partial charge in [0.15, 0.2) is 12.2 Å². The molecule has 0 saturated carbocycles. The molecule has 196 valence electrons. The van der Waals surface area contributed by atoms with Crippen LogP contribution in [0.2, 0.25) is 0 Å². The van der Waals surface area contributed by atoms with E-state index in [-0.39, 0.29) is 11.2 Å². The van der Waals surface area contributed by atoms with E-state index < -0.39 is 10.1 Å². The third kappa shape index (κ3) is 4.86. The summed E-state index contributed by atoms with van der Waals surface area (Å²) in [4.78, 5) is 2.22. The number of hydrogen-bond acceptors (Lipinski definition) is 3. The fraction of sp³-hybridized carbons (Fsp3) is 0.281. The van der Waals surface area contributed by atoms with Crippen LogP contribution in [0.1, 0.15) is 51.3 Å². The summed E-state index contributed by atoms with van der Waals surface area (Å²) < 4.78 is 34.5. The van der Waals surface area contributed by atoms with E-state index >= 15 is 0 Å². The van der Waals surface area contributed by atoms with Crippen LogP contribution >= 0.6 is 0 Å². The molecule has 0 amide bonds. The monoisotopic (exact) mass is 527 g/mol. The van der Waals surface area contributed by atoms with Gasteiger partial charge in [-0.2, -0.15) is 13.0 Å². The Hall–Kier alpha value is -3.48. The van der Waals surface area contributed by atoms with Crippen LogP contribution in [-0.4, -0.2) is 25.3 Å². The van der Waals surface area contributed by atoms with Crippen LogP contribution < -0.4 is 9.47 Å². The second-order valence-corrected chi connectivity index (χ2v) is 12.4. The normalized spacial score (nSPS) is 16.4. The average Bonchev–Trinajstić information content (AvgIpc) is 3.09. The zero-order valence-corrected chi connectivity index (χ0v) is 23.2. The van der Waals surface area contributed by atoms with E-state index in [1.54, 1.807) is 0 Å². The molecule has 0 bridgehead atoms. The Kier molecular flexibility index (Phi) is 6.88. The van der Waals surface area contributed by atoms with Crippen molar-refractivity contribution in [1.82, 2.24) is 0 Å². The molecule has 5 rings (SSSR count). The number of pyridine rings is 1. The Morgan fingerprint density at radius 2 is 1.68 bits per heavy atom. The van der Waals surface area contributed by atoms with Gasteiger partial charge in [0.2, 0.25) is 5.52 Å². The number of aromatic nitrogens is 1. The lowest BCUT2D eigenvalue weighted by atomic mass is 9.81. The number of fused-ring (bicyclic) bond motifs is 4. The standard InChI is InChI=1S/C32H34N2O3S/c1-23(2)33-21-19-25(26-13-7-8-15-28(26)33)12-9-16-30-32(3,4)31-27-14-6-5-11-24(27)17-18-29(31)34(30)20-10-22-38(35,36)37/h5-9,11-19,21,23H,10,20,22H2,1-4H3/p+1. The summed E-state index contributed by atoms with van der Waals surface area (Å²) in [5.41, 5.74) is 5.48. The predicted molar refractivity (Wildman–Crippen MR) is 157 cm³/mol. The van der Waals surface area contributed by atoms with E-state index in [0.717, 1.165) is 16.9 Å². The van der Waals surface area contributed by atoms with E-state index in [4.69, 9.17) is 0 Å². The molecular formula is C32H35N2O3S+. The molecule has 0 spiro atoms. The molecule has 0 unspecified atom stereocenters. The lowest BCUT2D eigenvalue weighted by Crippen LogP contribution is -2.36. The molecule has 1 aliphatic heterocycles. The van der Waals surface area contributed by atoms with Crippen molar-refractivity contribution < 1.29 is 17.5 Å². The molecule has 1 N–H and O–H groups in total. The zero-order valence-electron chi connectivity index (χ0n) is 22.4. The van der Waals surface area contributed by atoms with E-state index in [2.05, 4.69) is 122 Å². The third-order valence-electron chi connectivity index (χ3n) is 7.53. The maximum absolute atomic E-state index is 11.4. The largest absolute Gasteiger partial charge is 0.344 e. The predicted octanol–water partition coefficient (Wildman–Crippen LogP) is 6.83. The molecular weight excluding hydrogens is 492 g/mol. The fourth-order valence-corrected chi connectivity index (χ4v) is 6.29. The van der Waals surface area contributed by atoms with Gasteiger partial charge in [0.25, 0.3) is 10.1 Å². The summed E-state index contributed by atoms with van der Waals surface area (Å²) in [6.45, 7) is 9.32. The summed E-state index contributed by atoms with van der Waals surface area (Å²) >= 11 is 0. The molecule has 1 aliphatic rings.